The summed E-state index contributed by atoms with van der Waals surface area (Å²) in [6.45, 7) is 1.75. The van der Waals surface area contributed by atoms with E-state index in [9.17, 15) is 19.2 Å². The molecule has 1 saturated heterocycles. The number of imide groups is 1. The van der Waals surface area contributed by atoms with Crippen LogP contribution in [0, 0.1) is 36.5 Å². The van der Waals surface area contributed by atoms with Gasteiger partial charge in [-0.2, -0.15) is 0 Å². The first-order valence-corrected chi connectivity index (χ1v) is 17.0. The van der Waals surface area contributed by atoms with Crippen LogP contribution in [0.3, 0.4) is 0 Å². The van der Waals surface area contributed by atoms with Crippen LogP contribution in [0.4, 0.5) is 11.4 Å². The van der Waals surface area contributed by atoms with E-state index in [2.05, 4.69) is 10.3 Å². The monoisotopic (exact) mass is 653 g/mol. The Morgan fingerprint density at radius 3 is 2.43 bits per heavy atom. The number of nitrogens with one attached hydrogen (secondary N) is 2. The number of rotatable bonds is 7. The molecular formula is C35H31N3O6S2. The van der Waals surface area contributed by atoms with E-state index in [1.807, 2.05) is 55.5 Å². The zero-order valence-corrected chi connectivity index (χ0v) is 26.7. The minimum absolute atomic E-state index is 0.00304. The molecule has 2 saturated carbocycles. The van der Waals surface area contributed by atoms with E-state index >= 15 is 0 Å². The predicted molar refractivity (Wildman–Crippen MR) is 176 cm³/mol. The minimum Gasteiger partial charge on any atom is -0.497 e. The Balaban J connectivity index is 1.12. The first-order valence-electron chi connectivity index (χ1n) is 15.3. The number of methoxy groups -OCH3 is 1. The Bertz CT molecular complexity index is 1940. The summed E-state index contributed by atoms with van der Waals surface area (Å²) in [6, 6.07) is 22.3. The maximum absolute atomic E-state index is 14.1. The van der Waals surface area contributed by atoms with E-state index in [0.717, 1.165) is 33.1 Å². The van der Waals surface area contributed by atoms with Gasteiger partial charge in [-0.1, -0.05) is 47.7 Å². The van der Waals surface area contributed by atoms with E-state index in [1.54, 1.807) is 43.1 Å². The molecule has 4 aliphatic rings. The summed E-state index contributed by atoms with van der Waals surface area (Å²) in [5.74, 6) is -0.424. The summed E-state index contributed by atoms with van der Waals surface area (Å²) >= 11 is 2.83. The predicted octanol–water partition coefficient (Wildman–Crippen LogP) is 5.45. The minimum atomic E-state index is -0.422. The molecule has 1 aromatic heterocycles. The van der Waals surface area contributed by atoms with Gasteiger partial charge in [0.1, 0.15) is 11.5 Å². The molecule has 4 aromatic rings. The van der Waals surface area contributed by atoms with Crippen molar-refractivity contribution in [2.45, 2.75) is 29.5 Å². The molecule has 6 unspecified atom stereocenters. The van der Waals surface area contributed by atoms with E-state index in [4.69, 9.17) is 9.47 Å². The number of thiazole rings is 1. The van der Waals surface area contributed by atoms with Crippen LogP contribution >= 0.6 is 23.1 Å². The number of amides is 3. The lowest BCUT2D eigenvalue weighted by atomic mass is 9.68. The summed E-state index contributed by atoms with van der Waals surface area (Å²) in [4.78, 5) is 58.8. The first kappa shape index (κ1) is 29.1. The van der Waals surface area contributed by atoms with Gasteiger partial charge in [-0.3, -0.25) is 24.1 Å². The number of aromatic nitrogens is 1. The third-order valence-electron chi connectivity index (χ3n) is 10.1. The van der Waals surface area contributed by atoms with Crippen LogP contribution in [0.2, 0.25) is 0 Å². The van der Waals surface area contributed by atoms with Gasteiger partial charge in [0.25, 0.3) is 5.91 Å². The summed E-state index contributed by atoms with van der Waals surface area (Å²) in [6.07, 6.45) is 0.781. The Labute approximate surface area is 273 Å². The second-order valence-corrected chi connectivity index (χ2v) is 14.6. The second kappa shape index (κ2) is 11.2. The van der Waals surface area contributed by atoms with E-state index in [0.29, 0.717) is 17.2 Å². The molecule has 2 N–H and O–H groups in total. The van der Waals surface area contributed by atoms with Gasteiger partial charge in [0, 0.05) is 27.3 Å². The SMILES string of the molecule is COc1ccc(N2C(=O)C3C4CC(C3C2=O)C2C4Sc3[nH]c(=O)sc3[C@@H]2c2ccccc2OCC(=O)Nc2ccccc2C)cc1. The number of thioether (sulfide) groups is 1. The number of para-hydroxylation sites is 2. The van der Waals surface area contributed by atoms with Crippen LogP contribution in [0.25, 0.3) is 0 Å². The summed E-state index contributed by atoms with van der Waals surface area (Å²) in [7, 11) is 1.58. The van der Waals surface area contributed by atoms with Gasteiger partial charge in [0.05, 0.1) is 29.7 Å². The van der Waals surface area contributed by atoms with Crippen LogP contribution in [0.5, 0.6) is 11.5 Å². The maximum Gasteiger partial charge on any atom is 0.305 e. The highest BCUT2D eigenvalue weighted by Crippen LogP contribution is 2.69. The van der Waals surface area contributed by atoms with Gasteiger partial charge < -0.3 is 19.8 Å². The molecular weight excluding hydrogens is 623 g/mol. The third-order valence-corrected chi connectivity index (χ3v) is 12.7. The van der Waals surface area contributed by atoms with Crippen LogP contribution in [0.15, 0.2) is 82.6 Å². The number of nitrogens with zero attached hydrogens (tertiary/aromatic N) is 1. The summed E-state index contributed by atoms with van der Waals surface area (Å²) < 4.78 is 11.5. The van der Waals surface area contributed by atoms with Gasteiger partial charge in [-0.15, -0.1) is 11.8 Å². The molecule has 0 spiro atoms. The van der Waals surface area contributed by atoms with E-state index < -0.39 is 11.8 Å². The average molecular weight is 654 g/mol. The Hall–Kier alpha value is -4.35. The molecule has 234 valence electrons. The fourth-order valence-electron chi connectivity index (χ4n) is 8.26. The Morgan fingerprint density at radius 1 is 0.957 bits per heavy atom. The zero-order valence-electron chi connectivity index (χ0n) is 25.1. The van der Waals surface area contributed by atoms with Crippen LogP contribution in [-0.2, 0) is 14.4 Å². The van der Waals surface area contributed by atoms with Crippen molar-refractivity contribution in [2.75, 3.05) is 23.9 Å². The smallest absolute Gasteiger partial charge is 0.305 e. The van der Waals surface area contributed by atoms with E-state index in [1.165, 1.54) is 16.2 Å². The maximum atomic E-state index is 14.1. The molecule has 11 heteroatoms. The summed E-state index contributed by atoms with van der Waals surface area (Å²) in [5, 5.41) is 3.78. The van der Waals surface area contributed by atoms with E-state index in [-0.39, 0.29) is 58.1 Å². The quantitative estimate of drug-likeness (QED) is 0.255. The first-order chi connectivity index (χ1) is 22.3. The molecule has 2 bridgehead atoms. The largest absolute Gasteiger partial charge is 0.497 e. The van der Waals surface area contributed by atoms with Gasteiger partial charge in [-0.05, 0) is 73.1 Å². The lowest BCUT2D eigenvalue weighted by Gasteiger charge is -2.43. The molecule has 2 aliphatic carbocycles. The number of fused-ring (bicyclic) bond motifs is 9. The number of carbonyl (C=O) groups is 3. The average Bonchev–Trinajstić information content (AvgIpc) is 3.80. The van der Waals surface area contributed by atoms with Crippen molar-refractivity contribution in [3.63, 3.8) is 0 Å². The van der Waals surface area contributed by atoms with Crippen molar-refractivity contribution < 1.29 is 23.9 Å². The number of hydrogen-bond acceptors (Lipinski definition) is 8. The fraction of sp³-hybridized carbons (Fsp3) is 0.314. The van der Waals surface area contributed by atoms with Crippen molar-refractivity contribution in [3.05, 3.63) is 98.5 Å². The Morgan fingerprint density at radius 2 is 1.67 bits per heavy atom. The van der Waals surface area contributed by atoms with Crippen molar-refractivity contribution in [2.24, 2.45) is 29.6 Å². The highest BCUT2D eigenvalue weighted by atomic mass is 32.2. The van der Waals surface area contributed by atoms with Crippen LogP contribution in [-0.4, -0.2) is 41.7 Å². The van der Waals surface area contributed by atoms with Crippen molar-refractivity contribution in [3.8, 4) is 11.5 Å². The fourth-order valence-corrected chi connectivity index (χ4v) is 11.1. The molecule has 3 heterocycles. The van der Waals surface area contributed by atoms with Crippen molar-refractivity contribution in [1.82, 2.24) is 4.98 Å². The third kappa shape index (κ3) is 4.51. The molecule has 7 atom stereocenters. The molecule has 9 nitrogen and oxygen atoms in total. The molecule has 3 fully saturated rings. The van der Waals surface area contributed by atoms with Gasteiger partial charge >= 0.3 is 4.87 Å². The van der Waals surface area contributed by atoms with Gasteiger partial charge in [0.15, 0.2) is 6.61 Å². The number of H-pyrrole nitrogens is 1. The molecule has 0 radical (unpaired) electrons. The number of hydrogen-bond donors (Lipinski definition) is 2. The van der Waals surface area contributed by atoms with Crippen molar-refractivity contribution in [1.29, 1.82) is 0 Å². The normalized spacial score (nSPS) is 27.3. The number of aromatic amines is 1. The van der Waals surface area contributed by atoms with Crippen LogP contribution in [0.1, 0.15) is 28.3 Å². The standard InChI is InChI=1S/C35H31N3O6S2/c1-17-7-3-5-9-23(17)36-25(39)16-44-24-10-6-4-8-20(24)26-27-21-15-22(30(27)45-32-31(26)46-35(42)37-32)29-28(21)33(40)38(34(29)41)18-11-13-19(43-2)14-12-18/h3-14,21-22,26-30H,15-16H2,1-2H3,(H,36,39)(H,37,42)/t21?,22?,26-,27?,28?,29?,30?/m1/s1. The zero-order chi connectivity index (χ0) is 31.7. The number of benzene rings is 3. The summed E-state index contributed by atoms with van der Waals surface area (Å²) in [5.41, 5.74) is 3.13. The lowest BCUT2D eigenvalue weighted by Crippen LogP contribution is -2.42. The van der Waals surface area contributed by atoms with Crippen LogP contribution < -0.4 is 24.6 Å². The number of aryl methyl sites for hydroxylation is 1. The molecule has 46 heavy (non-hydrogen) atoms. The van der Waals surface area contributed by atoms with Gasteiger partial charge in [0.2, 0.25) is 11.8 Å². The second-order valence-electron chi connectivity index (χ2n) is 12.4. The Kier molecular flexibility index (Phi) is 7.06. The number of anilines is 2. The van der Waals surface area contributed by atoms with Crippen molar-refractivity contribution >= 4 is 52.2 Å². The molecule has 2 aliphatic heterocycles. The van der Waals surface area contributed by atoms with Gasteiger partial charge in [-0.25, -0.2) is 0 Å². The highest BCUT2D eigenvalue weighted by molar-refractivity contribution is 8.00. The lowest BCUT2D eigenvalue weighted by molar-refractivity contribution is -0.123. The topological polar surface area (TPSA) is 118 Å². The number of ether oxygens (including phenoxy) is 2. The highest BCUT2D eigenvalue weighted by Gasteiger charge is 2.69. The molecule has 3 amide bonds. The molecule has 8 rings (SSSR count). The molecule has 3 aromatic carbocycles. The number of carbonyl (C=O) groups excluding carboxylic acids is 3.